The van der Waals surface area contributed by atoms with Crippen molar-refractivity contribution in [2.75, 3.05) is 13.7 Å². The fourth-order valence-corrected chi connectivity index (χ4v) is 9.06. The van der Waals surface area contributed by atoms with Crippen LogP contribution >= 0.6 is 0 Å². The molecule has 4 aliphatic carbocycles. The average molecular weight is 685 g/mol. The van der Waals surface area contributed by atoms with Crippen LogP contribution in [-0.2, 0) is 39.9 Å². The number of aromatic hydroxyl groups is 1. The lowest BCUT2D eigenvalue weighted by Gasteiger charge is -2.59. The third-order valence-corrected chi connectivity index (χ3v) is 11.6. The van der Waals surface area contributed by atoms with Crippen molar-refractivity contribution in [3.63, 3.8) is 0 Å². The summed E-state index contributed by atoms with van der Waals surface area (Å²) in [5, 5.41) is 54.8. The van der Waals surface area contributed by atoms with E-state index in [0.29, 0.717) is 18.4 Å². The first kappa shape index (κ1) is 36.3. The van der Waals surface area contributed by atoms with Gasteiger partial charge in [0.15, 0.2) is 18.1 Å². The Kier molecular flexibility index (Phi) is 10.2. The number of ether oxygens (including phenoxy) is 2. The number of aliphatic hydroxyl groups excluding tert-OH is 1. The summed E-state index contributed by atoms with van der Waals surface area (Å²) in [6.07, 6.45) is 5.58. The van der Waals surface area contributed by atoms with Gasteiger partial charge < -0.3 is 35.3 Å². The van der Waals surface area contributed by atoms with Crippen molar-refractivity contribution in [2.24, 2.45) is 28.6 Å². The number of nitrogens with one attached hydrogen (secondary N) is 2. The van der Waals surface area contributed by atoms with Crippen molar-refractivity contribution < 1.29 is 59.2 Å². The number of hydrogen-bond donors (Lipinski definition) is 6. The number of amides is 1. The van der Waals surface area contributed by atoms with Crippen molar-refractivity contribution in [1.29, 1.82) is 0 Å². The lowest BCUT2D eigenvalue weighted by molar-refractivity contribution is -0.991. The zero-order valence-electron chi connectivity index (χ0n) is 27.8. The SMILES string of the molecule is COC(=O)[C@@H](Cc1ccc(O)c([NH+]([O-])O)c1)NC(=O)CCC(=O)OCC(=O)[C@@]1(O)CC[C@H]2[C@@H]3CCC4=CC(=O)C=C[C@]4(C)[C@@H]3[C@@H](O)C[C@@]21C. The van der Waals surface area contributed by atoms with E-state index in [1.807, 2.05) is 19.9 Å². The summed E-state index contributed by atoms with van der Waals surface area (Å²) in [4.78, 5) is 63.2. The van der Waals surface area contributed by atoms with Crippen LogP contribution in [0, 0.1) is 33.8 Å². The second kappa shape index (κ2) is 13.8. The number of phenols is 1. The highest BCUT2D eigenvalue weighted by Crippen LogP contribution is 2.67. The van der Waals surface area contributed by atoms with Crippen LogP contribution < -0.4 is 10.5 Å². The molecule has 0 aromatic heterocycles. The van der Waals surface area contributed by atoms with E-state index in [1.54, 1.807) is 12.2 Å². The van der Waals surface area contributed by atoms with Gasteiger partial charge in [0.2, 0.25) is 17.4 Å². The first-order valence-electron chi connectivity index (χ1n) is 16.5. The molecule has 0 bridgehead atoms. The van der Waals surface area contributed by atoms with Gasteiger partial charge >= 0.3 is 11.9 Å². The third kappa shape index (κ3) is 6.67. The van der Waals surface area contributed by atoms with Crippen LogP contribution in [0.1, 0.15) is 64.4 Å². The zero-order chi connectivity index (χ0) is 35.9. The van der Waals surface area contributed by atoms with Gasteiger partial charge in [0.25, 0.3) is 0 Å². The summed E-state index contributed by atoms with van der Waals surface area (Å²) >= 11 is 0. The monoisotopic (exact) mass is 684 g/mol. The molecule has 0 aliphatic heterocycles. The molecule has 9 atom stereocenters. The number of aliphatic hydroxyl groups is 2. The summed E-state index contributed by atoms with van der Waals surface area (Å²) in [6, 6.07) is 2.50. The van der Waals surface area contributed by atoms with Crippen molar-refractivity contribution in [3.05, 3.63) is 52.8 Å². The van der Waals surface area contributed by atoms with Crippen LogP contribution in [0.2, 0.25) is 0 Å². The molecule has 14 nitrogen and oxygen atoms in total. The maximum atomic E-state index is 13.5. The number of esters is 2. The zero-order valence-corrected chi connectivity index (χ0v) is 27.8. The maximum Gasteiger partial charge on any atom is 0.328 e. The van der Waals surface area contributed by atoms with E-state index >= 15 is 0 Å². The van der Waals surface area contributed by atoms with Gasteiger partial charge in [-0.2, -0.15) is 5.23 Å². The molecular weight excluding hydrogens is 640 g/mol. The second-order valence-corrected chi connectivity index (χ2v) is 14.2. The van der Waals surface area contributed by atoms with Crippen molar-refractivity contribution in [3.8, 4) is 5.75 Å². The second-order valence-electron chi connectivity index (χ2n) is 14.2. The smallest absolute Gasteiger partial charge is 0.328 e. The molecule has 14 heteroatoms. The summed E-state index contributed by atoms with van der Waals surface area (Å²) in [5.74, 6) is -3.81. The lowest BCUT2D eigenvalue weighted by Crippen LogP contribution is -2.99. The Balaban J connectivity index is 1.16. The predicted molar refractivity (Wildman–Crippen MR) is 170 cm³/mol. The fraction of sp³-hybridized carbons (Fsp3) is 0.571. The molecule has 0 saturated heterocycles. The first-order chi connectivity index (χ1) is 23.0. The average Bonchev–Trinajstić information content (AvgIpc) is 3.33. The number of ketones is 2. The largest absolute Gasteiger partial charge is 0.595 e. The maximum absolute atomic E-state index is 13.5. The third-order valence-electron chi connectivity index (χ3n) is 11.6. The number of benzene rings is 1. The number of quaternary nitrogens is 1. The molecule has 5 rings (SSSR count). The minimum Gasteiger partial charge on any atom is -0.595 e. The van der Waals surface area contributed by atoms with Crippen LogP contribution in [0.15, 0.2) is 42.0 Å². The number of allylic oxidation sites excluding steroid dienone is 4. The van der Waals surface area contributed by atoms with Gasteiger partial charge in [-0.15, -0.1) is 0 Å². The van der Waals surface area contributed by atoms with E-state index in [1.165, 1.54) is 12.1 Å². The van der Waals surface area contributed by atoms with Crippen LogP contribution in [0.25, 0.3) is 0 Å². The number of methoxy groups -OCH3 is 1. The topological polar surface area (TPSA) is 224 Å². The van der Waals surface area contributed by atoms with Gasteiger partial charge in [-0.05, 0) is 67.7 Å². The molecule has 1 unspecified atom stereocenters. The van der Waals surface area contributed by atoms with E-state index in [9.17, 15) is 49.7 Å². The number of rotatable bonds is 11. The van der Waals surface area contributed by atoms with Crippen LogP contribution in [-0.4, -0.2) is 81.4 Å². The van der Waals surface area contributed by atoms with E-state index in [4.69, 9.17) is 9.47 Å². The predicted octanol–water partition coefficient (Wildman–Crippen LogP) is 0.898. The highest BCUT2D eigenvalue weighted by Gasteiger charge is 2.68. The van der Waals surface area contributed by atoms with E-state index in [2.05, 4.69) is 5.32 Å². The van der Waals surface area contributed by atoms with Crippen LogP contribution in [0.5, 0.6) is 5.75 Å². The molecule has 4 aliphatic rings. The highest BCUT2D eigenvalue weighted by molar-refractivity contribution is 6.01. The summed E-state index contributed by atoms with van der Waals surface area (Å²) in [5.41, 5.74) is -2.34. The van der Waals surface area contributed by atoms with Gasteiger partial charge in [-0.1, -0.05) is 31.6 Å². The normalized spacial score (nSPS) is 32.9. The molecular formula is C35H44N2O12. The van der Waals surface area contributed by atoms with Gasteiger partial charge in [0.1, 0.15) is 11.6 Å². The molecule has 3 fully saturated rings. The minimum absolute atomic E-state index is 0.0127. The number of carbonyl (C=O) groups excluding carboxylic acids is 5. The van der Waals surface area contributed by atoms with Crippen molar-refractivity contribution >= 4 is 35.1 Å². The van der Waals surface area contributed by atoms with Crippen LogP contribution in [0.4, 0.5) is 5.69 Å². The summed E-state index contributed by atoms with van der Waals surface area (Å²) < 4.78 is 9.94. The van der Waals surface area contributed by atoms with E-state index in [-0.39, 0.29) is 48.5 Å². The first-order valence-corrected chi connectivity index (χ1v) is 16.5. The van der Waals surface area contributed by atoms with Gasteiger partial charge in [0.05, 0.1) is 19.6 Å². The Morgan fingerprint density at radius 2 is 1.90 bits per heavy atom. The molecule has 6 N–H and O–H groups in total. The number of fused-ring (bicyclic) bond motifs is 5. The molecule has 0 radical (unpaired) electrons. The van der Waals surface area contributed by atoms with Crippen molar-refractivity contribution in [2.45, 2.75) is 83.0 Å². The number of Topliss-reactive ketones (excluding diaryl/α,β-unsaturated/α-hetero) is 1. The number of carbonyl (C=O) groups is 5. The molecule has 49 heavy (non-hydrogen) atoms. The molecule has 1 aromatic carbocycles. The quantitative estimate of drug-likeness (QED) is 0.109. The molecule has 0 spiro atoms. The summed E-state index contributed by atoms with van der Waals surface area (Å²) in [7, 11) is 1.11. The molecule has 3 saturated carbocycles. The minimum atomic E-state index is -1.83. The van der Waals surface area contributed by atoms with Gasteiger partial charge in [-0.3, -0.25) is 19.2 Å². The Bertz CT molecular complexity index is 1590. The van der Waals surface area contributed by atoms with E-state index in [0.717, 1.165) is 25.2 Å². The lowest BCUT2D eigenvalue weighted by atomic mass is 9.46. The molecule has 266 valence electrons. The molecule has 1 aromatic rings. The highest BCUT2D eigenvalue weighted by atomic mass is 16.8. The van der Waals surface area contributed by atoms with Gasteiger partial charge in [0, 0.05) is 35.7 Å². The molecule has 1 amide bonds. The fourth-order valence-electron chi connectivity index (χ4n) is 9.06. The number of phenolic OH excluding ortho intramolecular Hbond substituents is 1. The molecule has 0 heterocycles. The van der Waals surface area contributed by atoms with Crippen LogP contribution in [0.3, 0.4) is 0 Å². The van der Waals surface area contributed by atoms with Crippen molar-refractivity contribution in [1.82, 2.24) is 5.32 Å². The van der Waals surface area contributed by atoms with E-state index < -0.39 is 82.6 Å². The Morgan fingerprint density at radius 1 is 1.16 bits per heavy atom. The Hall–Kier alpha value is -3.95. The standard InChI is InChI=1S/C35H44N2O12/c1-33-12-10-21(38)16-20(33)5-6-22-23-11-13-35(45,34(23,2)17-27(40)31(22)33)28(41)18-49-30(43)9-8-29(42)36-24(32(44)48-3)14-19-4-7-26(39)25(15-19)37(46)47/h4,7,10,12,15-16,22-24,27,31,37,39-40,45-46H,5-6,8-9,11,13-14,17-18H2,1-3H3,(H,36,42)/t22-,23-,24+,27-,31-,33-,34-,35-/m0/s1. The Morgan fingerprint density at radius 3 is 2.59 bits per heavy atom. The Labute approximate surface area is 283 Å². The van der Waals surface area contributed by atoms with Gasteiger partial charge in [-0.25, -0.2) is 10.0 Å². The number of hydrogen-bond acceptors (Lipinski definition) is 12. The summed E-state index contributed by atoms with van der Waals surface area (Å²) in [6.45, 7) is 3.15.